The van der Waals surface area contributed by atoms with Gasteiger partial charge in [-0.05, 0) is 25.7 Å². The lowest BCUT2D eigenvalue weighted by Gasteiger charge is -2.30. The minimum atomic E-state index is -0.639. The smallest absolute Gasteiger partial charge is 0.273 e. The third-order valence-electron chi connectivity index (χ3n) is 4.60. The quantitative estimate of drug-likeness (QED) is 0.147. The molecule has 0 saturated heterocycles. The van der Waals surface area contributed by atoms with E-state index < -0.39 is 5.24 Å². The SMILES string of the molecule is CCCCCCCC[N+](C)(C)CCCCCCCC.CN(C)C(=O)[S-].NC(=O)S. The predicted octanol–water partition coefficient (Wildman–Crippen LogP) is 5.99. The molecule has 0 aromatic heterocycles. The molecule has 0 aromatic rings. The summed E-state index contributed by atoms with van der Waals surface area (Å²) in [5.41, 5.74) is 4.34. The van der Waals surface area contributed by atoms with E-state index in [1.165, 1.54) is 99.5 Å². The lowest BCUT2D eigenvalue weighted by molar-refractivity contribution is -0.890. The van der Waals surface area contributed by atoms with E-state index in [4.69, 9.17) is 4.79 Å². The molecule has 0 unspecified atom stereocenters. The van der Waals surface area contributed by atoms with Crippen LogP contribution in [-0.4, -0.2) is 61.1 Å². The average molecular weight is 452 g/mol. The van der Waals surface area contributed by atoms with Crippen LogP contribution in [-0.2, 0) is 12.6 Å². The predicted molar refractivity (Wildman–Crippen MR) is 134 cm³/mol. The number of amides is 2. The number of nitrogens with zero attached hydrogens (tertiary/aromatic N) is 2. The zero-order valence-corrected chi connectivity index (χ0v) is 21.8. The first-order valence-electron chi connectivity index (χ1n) is 11.2. The Morgan fingerprint density at radius 3 is 1.28 bits per heavy atom. The summed E-state index contributed by atoms with van der Waals surface area (Å²) >= 11 is 7.29. The highest BCUT2D eigenvalue weighted by Gasteiger charge is 2.13. The molecule has 5 nitrogen and oxygen atoms in total. The number of nitrogens with two attached hydrogens (primary N) is 1. The van der Waals surface area contributed by atoms with E-state index in [9.17, 15) is 4.79 Å². The van der Waals surface area contributed by atoms with Crippen LogP contribution in [0.2, 0.25) is 0 Å². The van der Waals surface area contributed by atoms with Crippen LogP contribution in [0.1, 0.15) is 90.9 Å². The zero-order chi connectivity index (χ0) is 23.1. The number of rotatable bonds is 14. The second-order valence-corrected chi connectivity index (χ2v) is 9.21. The standard InChI is InChI=1S/C18H40N.C3H7NOS.CH3NOS/c1-5-7-9-11-13-15-17-19(3,4)18-16-14-12-10-8-6-2;1-4(2)3(5)6;2-1(3)4/h5-18H2,1-4H3;1-2H3,(H,5,6);(H3,2,3,4)/q+1;;/p-1. The molecule has 2 N–H and O–H groups in total. The molecule has 0 spiro atoms. The third kappa shape index (κ3) is 38.7. The maximum atomic E-state index is 9.88. The van der Waals surface area contributed by atoms with Crippen LogP contribution in [0, 0.1) is 0 Å². The van der Waals surface area contributed by atoms with Crippen LogP contribution < -0.4 is 5.73 Å². The first-order chi connectivity index (χ1) is 13.5. The highest BCUT2D eigenvalue weighted by atomic mass is 32.1. The van der Waals surface area contributed by atoms with Crippen molar-refractivity contribution < 1.29 is 14.1 Å². The molecule has 29 heavy (non-hydrogen) atoms. The van der Waals surface area contributed by atoms with Gasteiger partial charge >= 0.3 is 0 Å². The first-order valence-corrected chi connectivity index (χ1v) is 12.0. The van der Waals surface area contributed by atoms with Gasteiger partial charge in [-0.2, -0.15) is 0 Å². The highest BCUT2D eigenvalue weighted by Crippen LogP contribution is 2.11. The summed E-state index contributed by atoms with van der Waals surface area (Å²) < 4.78 is 1.24. The van der Waals surface area contributed by atoms with Gasteiger partial charge in [0.1, 0.15) is 5.24 Å². The van der Waals surface area contributed by atoms with Gasteiger partial charge in [0.15, 0.2) is 0 Å². The Kier molecular flexibility index (Phi) is 27.1. The fourth-order valence-electron chi connectivity index (χ4n) is 2.75. The van der Waals surface area contributed by atoms with Crippen molar-refractivity contribution in [3.63, 3.8) is 0 Å². The lowest BCUT2D eigenvalue weighted by atomic mass is 10.1. The molecule has 0 aliphatic carbocycles. The Bertz CT molecular complexity index is 357. The Morgan fingerprint density at radius 1 is 0.793 bits per heavy atom. The Hall–Kier alpha value is -0.530. The summed E-state index contributed by atoms with van der Waals surface area (Å²) in [5.74, 6) is 0. The number of carbonyl (C=O) groups excluding carboxylic acids is 2. The van der Waals surface area contributed by atoms with Gasteiger partial charge in [-0.25, -0.2) is 0 Å². The van der Waals surface area contributed by atoms with Gasteiger partial charge in [0.05, 0.1) is 27.2 Å². The van der Waals surface area contributed by atoms with Crippen LogP contribution in [0.15, 0.2) is 0 Å². The van der Waals surface area contributed by atoms with Crippen molar-refractivity contribution in [2.24, 2.45) is 5.73 Å². The summed E-state index contributed by atoms with van der Waals surface area (Å²) in [6.07, 6.45) is 17.1. The van der Waals surface area contributed by atoms with Gasteiger partial charge in [-0.15, -0.1) is 0 Å². The number of carbonyl (C=O) groups is 2. The van der Waals surface area contributed by atoms with E-state index >= 15 is 0 Å². The van der Waals surface area contributed by atoms with Gasteiger partial charge in [0.2, 0.25) is 0 Å². The van der Waals surface area contributed by atoms with Crippen molar-refractivity contribution in [2.75, 3.05) is 41.3 Å². The molecular weight excluding hydrogens is 402 g/mol. The number of thiol groups is 1. The van der Waals surface area contributed by atoms with E-state index in [1.54, 1.807) is 14.1 Å². The van der Waals surface area contributed by atoms with Crippen molar-refractivity contribution in [3.8, 4) is 0 Å². The molecule has 0 aliphatic rings. The van der Waals surface area contributed by atoms with Crippen LogP contribution in [0.4, 0.5) is 9.59 Å². The molecular formula is C22H49N3O2S2. The Morgan fingerprint density at radius 2 is 1.03 bits per heavy atom. The molecule has 0 fully saturated rings. The summed E-state index contributed by atoms with van der Waals surface area (Å²) in [6, 6.07) is 0. The molecule has 0 heterocycles. The molecule has 0 rings (SSSR count). The first kappa shape index (κ1) is 33.1. The van der Waals surface area contributed by atoms with E-state index in [0.29, 0.717) is 0 Å². The van der Waals surface area contributed by atoms with E-state index in [0.717, 1.165) is 0 Å². The molecule has 0 bridgehead atoms. The molecule has 176 valence electrons. The molecule has 0 atom stereocenters. The normalized spacial score (nSPS) is 10.3. The summed E-state index contributed by atoms with van der Waals surface area (Å²) in [6.45, 7) is 7.34. The van der Waals surface area contributed by atoms with Crippen LogP contribution in [0.3, 0.4) is 0 Å². The van der Waals surface area contributed by atoms with Crippen molar-refractivity contribution in [2.45, 2.75) is 90.9 Å². The summed E-state index contributed by atoms with van der Waals surface area (Å²) in [4.78, 5) is 20.3. The Labute approximate surface area is 192 Å². The van der Waals surface area contributed by atoms with Gasteiger partial charge < -0.3 is 32.5 Å². The third-order valence-corrected chi connectivity index (χ3v) is 4.96. The largest absolute Gasteiger partial charge is 0.719 e. The topological polar surface area (TPSA) is 63.4 Å². The zero-order valence-electron chi connectivity index (χ0n) is 20.0. The second-order valence-electron chi connectivity index (χ2n) is 8.42. The fourth-order valence-corrected chi connectivity index (χ4v) is 2.75. The average Bonchev–Trinajstić information content (AvgIpc) is 2.61. The van der Waals surface area contributed by atoms with Gasteiger partial charge in [-0.3, -0.25) is 4.79 Å². The maximum Gasteiger partial charge on any atom is 0.273 e. The van der Waals surface area contributed by atoms with Crippen LogP contribution in [0.5, 0.6) is 0 Å². The number of unbranched alkanes of at least 4 members (excludes halogenated alkanes) is 10. The summed E-state index contributed by atoms with van der Waals surface area (Å²) in [7, 11) is 8.07. The monoisotopic (exact) mass is 451 g/mol. The van der Waals surface area contributed by atoms with Gasteiger partial charge in [-0.1, -0.05) is 77.8 Å². The van der Waals surface area contributed by atoms with Crippen molar-refractivity contribution in [3.05, 3.63) is 0 Å². The van der Waals surface area contributed by atoms with Gasteiger partial charge in [0, 0.05) is 14.1 Å². The molecule has 7 heteroatoms. The minimum absolute atomic E-state index is 0.324. The molecule has 0 aromatic carbocycles. The second kappa shape index (κ2) is 23.7. The number of primary amides is 1. The number of hydrogen-bond acceptors (Lipinski definition) is 3. The molecule has 0 saturated carbocycles. The highest BCUT2D eigenvalue weighted by molar-refractivity contribution is 7.96. The number of hydrogen-bond donors (Lipinski definition) is 2. The van der Waals surface area contributed by atoms with E-state index in [-0.39, 0.29) is 5.24 Å². The molecule has 0 radical (unpaired) electrons. The van der Waals surface area contributed by atoms with Crippen molar-refractivity contribution in [1.29, 1.82) is 0 Å². The Balaban J connectivity index is -0.000000556. The number of quaternary nitrogens is 1. The van der Waals surface area contributed by atoms with E-state index in [2.05, 4.69) is 58.9 Å². The molecule has 0 aliphatic heterocycles. The van der Waals surface area contributed by atoms with Crippen molar-refractivity contribution in [1.82, 2.24) is 4.90 Å². The van der Waals surface area contributed by atoms with Crippen LogP contribution >= 0.6 is 12.6 Å². The maximum absolute atomic E-state index is 9.88. The van der Waals surface area contributed by atoms with Crippen molar-refractivity contribution >= 4 is 35.7 Å². The fraction of sp³-hybridized carbons (Fsp3) is 0.909. The lowest BCUT2D eigenvalue weighted by Crippen LogP contribution is -2.41. The van der Waals surface area contributed by atoms with Gasteiger partial charge in [0.25, 0.3) is 5.24 Å². The molecule has 2 amide bonds. The minimum Gasteiger partial charge on any atom is -0.719 e. The summed E-state index contributed by atoms with van der Waals surface area (Å²) in [5, 5.41) is -0.963. The van der Waals surface area contributed by atoms with Crippen LogP contribution in [0.25, 0.3) is 0 Å². The van der Waals surface area contributed by atoms with E-state index in [1.807, 2.05) is 0 Å².